The summed E-state index contributed by atoms with van der Waals surface area (Å²) >= 11 is 0. The average molecular weight is 525 g/mol. The van der Waals surface area contributed by atoms with Gasteiger partial charge in [-0.2, -0.15) is 18.2 Å². The minimum absolute atomic E-state index is 0.108. The molecule has 0 bridgehead atoms. The summed E-state index contributed by atoms with van der Waals surface area (Å²) in [5.74, 6) is 0.108. The largest absolute Gasteiger partial charge is 0.421 e. The van der Waals surface area contributed by atoms with Gasteiger partial charge in [0.15, 0.2) is 0 Å². The van der Waals surface area contributed by atoms with Crippen LogP contribution in [0.25, 0.3) is 11.0 Å². The second kappa shape index (κ2) is 8.22. The third kappa shape index (κ3) is 4.20. The summed E-state index contributed by atoms with van der Waals surface area (Å²) in [5, 5.41) is 3.16. The first-order valence-electron chi connectivity index (χ1n) is 11.1. The Labute approximate surface area is 203 Å². The van der Waals surface area contributed by atoms with E-state index in [9.17, 15) is 26.4 Å². The first-order chi connectivity index (χ1) is 16.4. The fourth-order valence-electron chi connectivity index (χ4n) is 5.09. The first kappa shape index (κ1) is 24.1. The van der Waals surface area contributed by atoms with Crippen molar-refractivity contribution in [1.29, 1.82) is 0 Å². The van der Waals surface area contributed by atoms with E-state index in [0.29, 0.717) is 17.7 Å². The maximum absolute atomic E-state index is 13.7. The number of nitrogens with one attached hydrogen (secondary N) is 1. The summed E-state index contributed by atoms with van der Waals surface area (Å²) < 4.78 is 66.6. The van der Waals surface area contributed by atoms with Gasteiger partial charge in [0.2, 0.25) is 14.8 Å². The zero-order chi connectivity index (χ0) is 25.2. The van der Waals surface area contributed by atoms with E-state index in [1.165, 1.54) is 29.2 Å². The standard InChI is InChI=1S/C23H23F3N4O3S2/c1-13-10-15(35(32,33)34-2)5-6-17(13)28-21-27-12-14-11-16(23(24,25)26)20(31)30(19(14)29-21)18-4-3-7-22(18)8-9-22/h5-6,10-12,18H,3-4,7-9H2,1-2H3,(H,27,28,29). The van der Waals surface area contributed by atoms with Crippen LogP contribution in [0.3, 0.4) is 0 Å². The van der Waals surface area contributed by atoms with Crippen LogP contribution in [-0.4, -0.2) is 29.2 Å². The van der Waals surface area contributed by atoms with E-state index in [-0.39, 0.29) is 33.3 Å². The lowest BCUT2D eigenvalue weighted by molar-refractivity contribution is -0.138. The monoisotopic (exact) mass is 524 g/mol. The van der Waals surface area contributed by atoms with Crippen molar-refractivity contribution < 1.29 is 21.6 Å². The minimum Gasteiger partial charge on any atom is -0.324 e. The molecule has 2 saturated carbocycles. The quantitative estimate of drug-likeness (QED) is 0.446. The van der Waals surface area contributed by atoms with Gasteiger partial charge >= 0.3 is 6.18 Å². The lowest BCUT2D eigenvalue weighted by atomic mass is 9.99. The van der Waals surface area contributed by atoms with Crippen LogP contribution < -0.4 is 10.9 Å². The number of fused-ring (bicyclic) bond motifs is 1. The van der Waals surface area contributed by atoms with Crippen LogP contribution in [0.1, 0.15) is 49.3 Å². The third-order valence-corrected chi connectivity index (χ3v) is 10.3. The molecule has 0 amide bonds. The highest BCUT2D eigenvalue weighted by Gasteiger charge is 2.54. The van der Waals surface area contributed by atoms with Gasteiger partial charge in [0.25, 0.3) is 5.56 Å². The summed E-state index contributed by atoms with van der Waals surface area (Å²) in [6.45, 7) is 1.73. The van der Waals surface area contributed by atoms with Crippen LogP contribution in [0.5, 0.6) is 0 Å². The van der Waals surface area contributed by atoms with Crippen LogP contribution >= 0.6 is 10.8 Å². The number of rotatable bonds is 5. The SMILES string of the molecule is CSS(=O)(=O)c1ccc(Nc2ncc3cc(C(F)(F)F)c(=O)n(C4CCCC45CC5)c3n2)c(C)c1. The van der Waals surface area contributed by atoms with Crippen LogP contribution in [0.15, 0.2) is 40.2 Å². The van der Waals surface area contributed by atoms with Crippen molar-refractivity contribution in [2.45, 2.75) is 56.1 Å². The van der Waals surface area contributed by atoms with Gasteiger partial charge in [-0.05, 0) is 84.9 Å². The van der Waals surface area contributed by atoms with Gasteiger partial charge in [0.05, 0.1) is 4.90 Å². The second-order valence-electron chi connectivity index (χ2n) is 9.20. The number of aromatic nitrogens is 3. The minimum atomic E-state index is -4.78. The Morgan fingerprint density at radius 1 is 1.20 bits per heavy atom. The molecule has 0 aliphatic heterocycles. The number of halogens is 3. The van der Waals surface area contributed by atoms with E-state index in [0.717, 1.165) is 42.5 Å². The number of aryl methyl sites for hydroxylation is 1. The molecule has 0 saturated heterocycles. The van der Waals surface area contributed by atoms with E-state index in [4.69, 9.17) is 0 Å². The molecule has 2 aromatic heterocycles. The third-order valence-electron chi connectivity index (χ3n) is 7.09. The molecule has 12 heteroatoms. The number of benzene rings is 1. The molecule has 2 aliphatic rings. The van der Waals surface area contributed by atoms with E-state index in [1.54, 1.807) is 13.0 Å². The first-order valence-corrected chi connectivity index (χ1v) is 14.4. The fraction of sp³-hybridized carbons (Fsp3) is 0.435. The lowest BCUT2D eigenvalue weighted by Crippen LogP contribution is -2.34. The van der Waals surface area contributed by atoms with Gasteiger partial charge in [0, 0.05) is 23.3 Å². The van der Waals surface area contributed by atoms with Crippen molar-refractivity contribution in [2.75, 3.05) is 11.6 Å². The van der Waals surface area contributed by atoms with Crippen molar-refractivity contribution in [3.05, 3.63) is 51.9 Å². The van der Waals surface area contributed by atoms with E-state index in [1.807, 2.05) is 0 Å². The average Bonchev–Trinajstić information content (AvgIpc) is 3.46. The molecule has 0 radical (unpaired) electrons. The van der Waals surface area contributed by atoms with Gasteiger partial charge in [-0.3, -0.25) is 9.36 Å². The van der Waals surface area contributed by atoms with Crippen LogP contribution in [-0.2, 0) is 15.0 Å². The highest BCUT2D eigenvalue weighted by atomic mass is 33.1. The molecule has 1 unspecified atom stereocenters. The summed E-state index contributed by atoms with van der Waals surface area (Å²) in [5.41, 5.74) is -1.08. The fourth-order valence-corrected chi connectivity index (χ4v) is 6.72. The normalized spacial score (nSPS) is 19.4. The molecule has 35 heavy (non-hydrogen) atoms. The maximum atomic E-state index is 13.7. The Kier molecular flexibility index (Phi) is 5.67. The van der Waals surface area contributed by atoms with Crippen molar-refractivity contribution in [1.82, 2.24) is 14.5 Å². The zero-order valence-corrected chi connectivity index (χ0v) is 20.6. The summed E-state index contributed by atoms with van der Waals surface area (Å²) in [7, 11) is -2.72. The van der Waals surface area contributed by atoms with Crippen LogP contribution in [0, 0.1) is 12.3 Å². The van der Waals surface area contributed by atoms with Gasteiger partial charge in [-0.25, -0.2) is 13.4 Å². The zero-order valence-electron chi connectivity index (χ0n) is 19.0. The molecule has 5 rings (SSSR count). The number of hydrogen-bond acceptors (Lipinski definition) is 7. The molecular formula is C23H23F3N4O3S2. The molecule has 2 aliphatic carbocycles. The van der Waals surface area contributed by atoms with Crippen LogP contribution in [0.4, 0.5) is 24.8 Å². The highest BCUT2D eigenvalue weighted by molar-refractivity contribution is 8.71. The Hall–Kier alpha value is -2.60. The topological polar surface area (TPSA) is 94.0 Å². The predicted molar refractivity (Wildman–Crippen MR) is 129 cm³/mol. The Bertz CT molecular complexity index is 1500. The molecule has 186 valence electrons. The number of anilines is 2. The van der Waals surface area contributed by atoms with E-state index < -0.39 is 26.2 Å². The van der Waals surface area contributed by atoms with E-state index in [2.05, 4.69) is 15.3 Å². The molecule has 1 spiro atoms. The molecular weight excluding hydrogens is 501 g/mol. The van der Waals surface area contributed by atoms with Crippen molar-refractivity contribution in [3.63, 3.8) is 0 Å². The lowest BCUT2D eigenvalue weighted by Gasteiger charge is -2.24. The van der Waals surface area contributed by atoms with Crippen LogP contribution in [0.2, 0.25) is 0 Å². The van der Waals surface area contributed by atoms with Crippen molar-refractivity contribution >= 4 is 42.3 Å². The molecule has 2 fully saturated rings. The smallest absolute Gasteiger partial charge is 0.324 e. The molecule has 7 nitrogen and oxygen atoms in total. The van der Waals surface area contributed by atoms with Gasteiger partial charge in [0.1, 0.15) is 11.2 Å². The Morgan fingerprint density at radius 2 is 1.94 bits per heavy atom. The Balaban J connectivity index is 1.61. The van der Waals surface area contributed by atoms with Gasteiger partial charge in [-0.1, -0.05) is 6.42 Å². The summed E-state index contributed by atoms with van der Waals surface area (Å²) in [6, 6.07) is 5.06. The number of hydrogen-bond donors (Lipinski definition) is 1. The number of nitrogens with zero attached hydrogens (tertiary/aromatic N) is 3. The van der Waals surface area contributed by atoms with Crippen molar-refractivity contribution in [3.8, 4) is 0 Å². The summed E-state index contributed by atoms with van der Waals surface area (Å²) in [6.07, 6.45) is 2.15. The molecule has 2 heterocycles. The Morgan fingerprint density at radius 3 is 2.57 bits per heavy atom. The maximum Gasteiger partial charge on any atom is 0.421 e. The molecule has 1 N–H and O–H groups in total. The number of pyridine rings is 1. The molecule has 3 aromatic rings. The van der Waals surface area contributed by atoms with Crippen molar-refractivity contribution in [2.24, 2.45) is 5.41 Å². The summed E-state index contributed by atoms with van der Waals surface area (Å²) in [4.78, 5) is 21.9. The highest BCUT2D eigenvalue weighted by Crippen LogP contribution is 2.63. The van der Waals surface area contributed by atoms with Gasteiger partial charge in [-0.15, -0.1) is 0 Å². The predicted octanol–water partition coefficient (Wildman–Crippen LogP) is 5.42. The molecule has 1 aromatic carbocycles. The second-order valence-corrected chi connectivity index (χ2v) is 13.2. The van der Waals surface area contributed by atoms with Gasteiger partial charge < -0.3 is 5.32 Å². The number of alkyl halides is 3. The molecule has 1 atom stereocenters. The van der Waals surface area contributed by atoms with E-state index >= 15 is 0 Å².